The molecular weight excluding hydrogens is 412 g/mol. The maximum Gasteiger partial charge on any atom is 0.339 e. The van der Waals surface area contributed by atoms with E-state index in [0.717, 1.165) is 10.6 Å². The van der Waals surface area contributed by atoms with Crippen molar-refractivity contribution in [3.05, 3.63) is 53.1 Å². The maximum absolute atomic E-state index is 12.6. The van der Waals surface area contributed by atoms with Crippen molar-refractivity contribution in [1.29, 1.82) is 0 Å². The fourth-order valence-electron chi connectivity index (χ4n) is 2.56. The summed E-state index contributed by atoms with van der Waals surface area (Å²) in [5, 5.41) is 14.8. The molecule has 0 saturated carbocycles. The van der Waals surface area contributed by atoms with Crippen molar-refractivity contribution in [3.8, 4) is 11.5 Å². The van der Waals surface area contributed by atoms with Crippen molar-refractivity contribution >= 4 is 22.0 Å². The predicted molar refractivity (Wildman–Crippen MR) is 110 cm³/mol. The van der Waals surface area contributed by atoms with Crippen molar-refractivity contribution in [2.75, 3.05) is 6.54 Å². The van der Waals surface area contributed by atoms with E-state index < -0.39 is 21.8 Å². The van der Waals surface area contributed by atoms with Gasteiger partial charge in [-0.15, -0.1) is 5.06 Å². The van der Waals surface area contributed by atoms with E-state index in [1.54, 1.807) is 32.9 Å². The summed E-state index contributed by atoms with van der Waals surface area (Å²) in [6.07, 6.45) is -0.298. The van der Waals surface area contributed by atoms with Gasteiger partial charge >= 0.3 is 10.1 Å². The number of guanidine groups is 1. The summed E-state index contributed by atoms with van der Waals surface area (Å²) in [5.74, 6) is -1.67. The normalized spacial score (nSPS) is 10.9. The van der Waals surface area contributed by atoms with Crippen LogP contribution in [0, 0.1) is 13.8 Å². The molecule has 0 aliphatic rings. The summed E-state index contributed by atoms with van der Waals surface area (Å²) < 4.78 is 30.3. The minimum Gasteiger partial charge on any atom is -0.504 e. The Labute approximate surface area is 174 Å². The van der Waals surface area contributed by atoms with Crippen LogP contribution in [0.1, 0.15) is 23.6 Å². The van der Waals surface area contributed by atoms with Crippen molar-refractivity contribution in [1.82, 2.24) is 5.06 Å². The van der Waals surface area contributed by atoms with Crippen LogP contribution in [-0.2, 0) is 26.3 Å². The Balaban J connectivity index is 2.31. The van der Waals surface area contributed by atoms with Crippen LogP contribution in [0.5, 0.6) is 11.5 Å². The Morgan fingerprint density at radius 1 is 1.20 bits per heavy atom. The maximum atomic E-state index is 12.6. The minimum absolute atomic E-state index is 0.0529. The number of aromatic hydroxyl groups is 1. The van der Waals surface area contributed by atoms with E-state index in [9.17, 15) is 18.3 Å². The molecule has 0 aliphatic carbocycles. The third-order valence-electron chi connectivity index (χ3n) is 4.10. The van der Waals surface area contributed by atoms with Crippen LogP contribution < -0.4 is 15.7 Å². The van der Waals surface area contributed by atoms with E-state index in [-0.39, 0.29) is 35.1 Å². The second kappa shape index (κ2) is 9.35. The SMILES string of the molecule is CCN(ON=C(N)N)C(=O)Cc1c(C)ccc(OS(=O)(=O)c2cccc(C)c2)c1O. The zero-order chi connectivity index (χ0) is 22.5. The number of benzene rings is 2. The predicted octanol–water partition coefficient (Wildman–Crippen LogP) is 1.29. The summed E-state index contributed by atoms with van der Waals surface area (Å²) in [5.41, 5.74) is 11.8. The number of nitrogens with two attached hydrogens (primary N) is 2. The molecule has 0 unspecified atom stereocenters. The smallest absolute Gasteiger partial charge is 0.339 e. The number of hydrogen-bond acceptors (Lipinski definition) is 7. The molecule has 0 spiro atoms. The van der Waals surface area contributed by atoms with Gasteiger partial charge in [0, 0.05) is 5.56 Å². The Hall–Kier alpha value is -3.47. The number of hydrogen-bond donors (Lipinski definition) is 3. The van der Waals surface area contributed by atoms with Gasteiger partial charge in [-0.1, -0.05) is 18.2 Å². The van der Waals surface area contributed by atoms with Gasteiger partial charge in [-0.05, 0) is 55.3 Å². The number of phenolic OH excluding ortho intramolecular Hbond substituents is 1. The van der Waals surface area contributed by atoms with E-state index in [4.69, 9.17) is 20.6 Å². The molecule has 0 heterocycles. The molecular formula is C19H24N4O6S. The Morgan fingerprint density at radius 3 is 2.50 bits per heavy atom. The molecule has 0 aromatic heterocycles. The van der Waals surface area contributed by atoms with Crippen LogP contribution in [-0.4, -0.2) is 37.0 Å². The van der Waals surface area contributed by atoms with Crippen molar-refractivity contribution in [2.45, 2.75) is 32.1 Å². The minimum atomic E-state index is -4.18. The lowest BCUT2D eigenvalue weighted by Gasteiger charge is -2.18. The molecule has 0 aliphatic heterocycles. The molecule has 162 valence electrons. The van der Waals surface area contributed by atoms with Gasteiger partial charge in [0.2, 0.25) is 5.96 Å². The molecule has 0 fully saturated rings. The molecule has 0 radical (unpaired) electrons. The van der Waals surface area contributed by atoms with Gasteiger partial charge < -0.3 is 20.8 Å². The molecule has 2 aromatic rings. The first-order valence-electron chi connectivity index (χ1n) is 8.94. The number of aryl methyl sites for hydroxylation is 2. The van der Waals surface area contributed by atoms with Gasteiger partial charge in [0.1, 0.15) is 4.90 Å². The van der Waals surface area contributed by atoms with Gasteiger partial charge in [0.05, 0.1) is 13.0 Å². The highest BCUT2D eigenvalue weighted by molar-refractivity contribution is 7.87. The topological polar surface area (TPSA) is 158 Å². The Kier molecular flexibility index (Phi) is 7.11. The summed E-state index contributed by atoms with van der Waals surface area (Å²) in [6, 6.07) is 9.02. The quantitative estimate of drug-likeness (QED) is 0.242. The molecule has 30 heavy (non-hydrogen) atoms. The number of phenols is 1. The van der Waals surface area contributed by atoms with Gasteiger partial charge in [-0.2, -0.15) is 8.42 Å². The van der Waals surface area contributed by atoms with Crippen LogP contribution in [0.15, 0.2) is 46.4 Å². The summed E-state index contributed by atoms with van der Waals surface area (Å²) >= 11 is 0. The molecule has 2 rings (SSSR count). The molecule has 0 atom stereocenters. The van der Waals surface area contributed by atoms with Crippen molar-refractivity contribution in [2.24, 2.45) is 16.6 Å². The van der Waals surface area contributed by atoms with Gasteiger partial charge in [0.25, 0.3) is 5.91 Å². The fourth-order valence-corrected chi connectivity index (χ4v) is 3.60. The highest BCUT2D eigenvalue weighted by Gasteiger charge is 2.23. The molecule has 0 bridgehead atoms. The van der Waals surface area contributed by atoms with E-state index in [0.29, 0.717) is 5.56 Å². The number of oxime groups is 1. The average molecular weight is 436 g/mol. The summed E-state index contributed by atoms with van der Waals surface area (Å²) in [6.45, 7) is 5.18. The molecule has 11 heteroatoms. The molecule has 10 nitrogen and oxygen atoms in total. The number of likely N-dealkylation sites (N-methyl/N-ethyl adjacent to an activating group) is 1. The molecule has 0 saturated heterocycles. The van der Waals surface area contributed by atoms with E-state index >= 15 is 0 Å². The second-order valence-electron chi connectivity index (χ2n) is 6.42. The number of rotatable bonds is 8. The first-order chi connectivity index (χ1) is 14.0. The second-order valence-corrected chi connectivity index (χ2v) is 7.97. The van der Waals surface area contributed by atoms with Gasteiger partial charge in [0.15, 0.2) is 11.5 Å². The van der Waals surface area contributed by atoms with E-state index in [2.05, 4.69) is 5.16 Å². The van der Waals surface area contributed by atoms with E-state index in [1.165, 1.54) is 24.3 Å². The van der Waals surface area contributed by atoms with Crippen LogP contribution >= 0.6 is 0 Å². The average Bonchev–Trinajstić information content (AvgIpc) is 2.67. The van der Waals surface area contributed by atoms with Crippen LogP contribution in [0.4, 0.5) is 0 Å². The van der Waals surface area contributed by atoms with Crippen LogP contribution in [0.3, 0.4) is 0 Å². The molecule has 1 amide bonds. The van der Waals surface area contributed by atoms with Crippen molar-refractivity contribution < 1.29 is 27.4 Å². The Morgan fingerprint density at radius 2 is 1.90 bits per heavy atom. The standard InChI is InChI=1S/C19H24N4O6S/c1-4-23(29-22-19(20)21)17(24)11-15-13(3)8-9-16(18(15)25)28-30(26,27)14-7-5-6-12(2)10-14/h5-10,25H,4,11H2,1-3H3,(H4,20,21,22). The molecule has 2 aromatic carbocycles. The number of hydroxylamine groups is 2. The molecule has 5 N–H and O–H groups in total. The lowest BCUT2D eigenvalue weighted by Crippen LogP contribution is -2.33. The Bertz CT molecular complexity index is 1060. The van der Waals surface area contributed by atoms with Gasteiger partial charge in [-0.25, -0.2) is 0 Å². The van der Waals surface area contributed by atoms with Crippen LogP contribution in [0.2, 0.25) is 0 Å². The highest BCUT2D eigenvalue weighted by Crippen LogP contribution is 2.35. The van der Waals surface area contributed by atoms with Crippen molar-refractivity contribution in [3.63, 3.8) is 0 Å². The lowest BCUT2D eigenvalue weighted by atomic mass is 10.0. The third-order valence-corrected chi connectivity index (χ3v) is 5.33. The first-order valence-corrected chi connectivity index (χ1v) is 10.3. The summed E-state index contributed by atoms with van der Waals surface area (Å²) in [7, 11) is -4.18. The number of carbonyl (C=O) groups excluding carboxylic acids is 1. The zero-order valence-corrected chi connectivity index (χ0v) is 17.6. The largest absolute Gasteiger partial charge is 0.504 e. The number of nitrogens with zero attached hydrogens (tertiary/aromatic N) is 2. The fraction of sp³-hybridized carbons (Fsp3) is 0.263. The first kappa shape index (κ1) is 22.8. The monoisotopic (exact) mass is 436 g/mol. The lowest BCUT2D eigenvalue weighted by molar-refractivity contribution is -0.184. The third kappa shape index (κ3) is 5.54. The van der Waals surface area contributed by atoms with Crippen LogP contribution in [0.25, 0.3) is 0 Å². The zero-order valence-electron chi connectivity index (χ0n) is 16.8. The van der Waals surface area contributed by atoms with Gasteiger partial charge in [-0.3, -0.25) is 9.73 Å². The highest BCUT2D eigenvalue weighted by atomic mass is 32.2. The number of carbonyl (C=O) groups is 1. The van der Waals surface area contributed by atoms with E-state index in [1.807, 2.05) is 0 Å². The summed E-state index contributed by atoms with van der Waals surface area (Å²) in [4.78, 5) is 17.3. The number of amides is 1.